The van der Waals surface area contributed by atoms with Gasteiger partial charge in [0.15, 0.2) is 11.5 Å². The van der Waals surface area contributed by atoms with Crippen LogP contribution in [0.15, 0.2) is 42.5 Å². The van der Waals surface area contributed by atoms with Gasteiger partial charge in [-0.1, -0.05) is 18.2 Å². The second kappa shape index (κ2) is 8.41. The molecular weight excluding hydrogens is 300 g/mol. The Bertz CT molecular complexity index is 809. The fourth-order valence-electron chi connectivity index (χ4n) is 2.23. The quantitative estimate of drug-likeness (QED) is 0.584. The lowest BCUT2D eigenvalue weighted by atomic mass is 10.0. The molecule has 4 heteroatoms. The van der Waals surface area contributed by atoms with E-state index in [1.54, 1.807) is 30.3 Å². The normalized spacial score (nSPS) is 10.6. The molecule has 0 saturated heterocycles. The molecular formula is C20H18N2O2. The molecule has 2 rings (SSSR count). The van der Waals surface area contributed by atoms with Crippen LogP contribution in [0.5, 0.6) is 11.5 Å². The molecule has 0 aliphatic heterocycles. The Morgan fingerprint density at radius 1 is 0.958 bits per heavy atom. The average Bonchev–Trinajstić information content (AvgIpc) is 2.62. The summed E-state index contributed by atoms with van der Waals surface area (Å²) < 4.78 is 11.2. The fraction of sp³-hybridized carbons (Fsp3) is 0.200. The molecule has 0 spiro atoms. The van der Waals surface area contributed by atoms with E-state index < -0.39 is 0 Å². The van der Waals surface area contributed by atoms with Crippen LogP contribution in [-0.4, -0.2) is 13.2 Å². The maximum Gasteiger partial charge on any atom is 0.161 e. The van der Waals surface area contributed by atoms with E-state index in [9.17, 15) is 5.26 Å². The van der Waals surface area contributed by atoms with E-state index in [0.717, 1.165) is 11.1 Å². The van der Waals surface area contributed by atoms with Gasteiger partial charge in [0.2, 0.25) is 0 Å². The van der Waals surface area contributed by atoms with Gasteiger partial charge in [-0.05, 0) is 55.3 Å². The maximum atomic E-state index is 9.44. The zero-order valence-corrected chi connectivity index (χ0v) is 13.7. The number of benzene rings is 2. The number of hydrogen-bond acceptors (Lipinski definition) is 4. The molecule has 120 valence electrons. The van der Waals surface area contributed by atoms with Gasteiger partial charge in [0.25, 0.3) is 0 Å². The number of rotatable bonds is 6. The molecule has 0 aliphatic rings. The topological polar surface area (TPSA) is 66.0 Å². The van der Waals surface area contributed by atoms with E-state index in [2.05, 4.69) is 12.1 Å². The first kappa shape index (κ1) is 17.1. The Balaban J connectivity index is 2.38. The second-order valence-electron chi connectivity index (χ2n) is 4.93. The van der Waals surface area contributed by atoms with E-state index in [4.69, 9.17) is 14.7 Å². The first-order valence-electron chi connectivity index (χ1n) is 7.73. The largest absolute Gasteiger partial charge is 0.490 e. The highest BCUT2D eigenvalue weighted by molar-refractivity contribution is 5.89. The molecule has 4 nitrogen and oxygen atoms in total. The lowest BCUT2D eigenvalue weighted by Crippen LogP contribution is -1.98. The average molecular weight is 318 g/mol. The van der Waals surface area contributed by atoms with Gasteiger partial charge in [0.1, 0.15) is 0 Å². The summed E-state index contributed by atoms with van der Waals surface area (Å²) >= 11 is 0. The molecule has 0 unspecified atom stereocenters. The Morgan fingerprint density at radius 2 is 1.62 bits per heavy atom. The van der Waals surface area contributed by atoms with Crippen LogP contribution in [0.1, 0.15) is 30.5 Å². The van der Waals surface area contributed by atoms with Gasteiger partial charge in [-0.25, -0.2) is 0 Å². The Hall–Kier alpha value is -3.24. The molecule has 0 aromatic heterocycles. The van der Waals surface area contributed by atoms with Crippen molar-refractivity contribution in [3.63, 3.8) is 0 Å². The van der Waals surface area contributed by atoms with Crippen molar-refractivity contribution < 1.29 is 9.47 Å². The van der Waals surface area contributed by atoms with E-state index >= 15 is 0 Å². The summed E-state index contributed by atoms with van der Waals surface area (Å²) in [7, 11) is 0. The highest BCUT2D eigenvalue weighted by Crippen LogP contribution is 2.30. The third-order valence-electron chi connectivity index (χ3n) is 3.32. The van der Waals surface area contributed by atoms with Crippen LogP contribution in [0.25, 0.3) is 11.6 Å². The summed E-state index contributed by atoms with van der Waals surface area (Å²) in [6, 6.07) is 16.8. The van der Waals surface area contributed by atoms with Crippen LogP contribution in [-0.2, 0) is 0 Å². The Labute approximate surface area is 142 Å². The molecule has 2 aromatic carbocycles. The second-order valence-corrected chi connectivity index (χ2v) is 4.93. The zero-order chi connectivity index (χ0) is 17.4. The third kappa shape index (κ3) is 4.15. The standard InChI is InChI=1S/C20H18N2O2/c1-3-23-19-10-7-16(12-20(19)24-4-2)11-18(14-22)17-8-5-15(13-21)6-9-17/h5-12H,3-4H2,1-2H3/b18-11-. The minimum absolute atomic E-state index is 0.520. The van der Waals surface area contributed by atoms with Crippen LogP contribution >= 0.6 is 0 Å². The molecule has 0 heterocycles. The minimum atomic E-state index is 0.520. The molecule has 0 radical (unpaired) electrons. The van der Waals surface area contributed by atoms with Crippen molar-refractivity contribution in [3.8, 4) is 23.6 Å². The number of ether oxygens (including phenoxy) is 2. The van der Waals surface area contributed by atoms with E-state index in [-0.39, 0.29) is 0 Å². The summed E-state index contributed by atoms with van der Waals surface area (Å²) in [6.45, 7) is 4.93. The molecule has 2 aromatic rings. The van der Waals surface area contributed by atoms with Crippen LogP contribution in [0, 0.1) is 22.7 Å². The number of nitriles is 2. The van der Waals surface area contributed by atoms with Gasteiger partial charge in [0, 0.05) is 0 Å². The van der Waals surface area contributed by atoms with Crippen LogP contribution in [0.3, 0.4) is 0 Å². The van der Waals surface area contributed by atoms with E-state index in [1.165, 1.54) is 0 Å². The zero-order valence-electron chi connectivity index (χ0n) is 13.7. The van der Waals surface area contributed by atoms with Crippen molar-refractivity contribution >= 4 is 11.6 Å². The molecule has 24 heavy (non-hydrogen) atoms. The highest BCUT2D eigenvalue weighted by Gasteiger charge is 2.07. The number of allylic oxidation sites excluding steroid dienone is 1. The van der Waals surface area contributed by atoms with Gasteiger partial charge < -0.3 is 9.47 Å². The van der Waals surface area contributed by atoms with E-state index in [1.807, 2.05) is 32.0 Å². The summed E-state index contributed by atoms with van der Waals surface area (Å²) in [6.07, 6.45) is 1.79. The summed E-state index contributed by atoms with van der Waals surface area (Å²) in [5.41, 5.74) is 2.70. The first-order chi connectivity index (χ1) is 11.7. The SMILES string of the molecule is CCOc1ccc(/C=C(/C#N)c2ccc(C#N)cc2)cc1OCC. The molecule has 0 aliphatic carbocycles. The van der Waals surface area contributed by atoms with Gasteiger partial charge in [0.05, 0.1) is 36.5 Å². The molecule has 0 atom stereocenters. The van der Waals surface area contributed by atoms with Crippen molar-refractivity contribution in [1.29, 1.82) is 10.5 Å². The lowest BCUT2D eigenvalue weighted by Gasteiger charge is -2.11. The van der Waals surface area contributed by atoms with Gasteiger partial charge >= 0.3 is 0 Å². The van der Waals surface area contributed by atoms with Crippen LogP contribution in [0.4, 0.5) is 0 Å². The lowest BCUT2D eigenvalue weighted by molar-refractivity contribution is 0.287. The molecule has 0 N–H and O–H groups in total. The summed E-state index contributed by atoms with van der Waals surface area (Å²) in [5.74, 6) is 1.35. The molecule has 0 bridgehead atoms. The van der Waals surface area contributed by atoms with Crippen molar-refractivity contribution in [2.75, 3.05) is 13.2 Å². The third-order valence-corrected chi connectivity index (χ3v) is 3.32. The van der Waals surface area contributed by atoms with Crippen molar-refractivity contribution in [3.05, 3.63) is 59.2 Å². The van der Waals surface area contributed by atoms with Gasteiger partial charge in [-0.3, -0.25) is 0 Å². The van der Waals surface area contributed by atoms with Gasteiger partial charge in [-0.2, -0.15) is 10.5 Å². The maximum absolute atomic E-state index is 9.44. The van der Waals surface area contributed by atoms with Gasteiger partial charge in [-0.15, -0.1) is 0 Å². The monoisotopic (exact) mass is 318 g/mol. The molecule has 0 fully saturated rings. The predicted molar refractivity (Wildman–Crippen MR) is 93.4 cm³/mol. The van der Waals surface area contributed by atoms with Crippen molar-refractivity contribution in [2.45, 2.75) is 13.8 Å². The summed E-state index contributed by atoms with van der Waals surface area (Å²) in [4.78, 5) is 0. The first-order valence-corrected chi connectivity index (χ1v) is 7.73. The number of hydrogen-bond donors (Lipinski definition) is 0. The van der Waals surface area contributed by atoms with Crippen molar-refractivity contribution in [2.24, 2.45) is 0 Å². The van der Waals surface area contributed by atoms with Crippen LogP contribution < -0.4 is 9.47 Å². The van der Waals surface area contributed by atoms with E-state index in [0.29, 0.717) is 35.8 Å². The minimum Gasteiger partial charge on any atom is -0.490 e. The Kier molecular flexibility index (Phi) is 6.00. The molecule has 0 amide bonds. The predicted octanol–water partition coefficient (Wildman–Crippen LogP) is 4.42. The highest BCUT2D eigenvalue weighted by atomic mass is 16.5. The summed E-state index contributed by atoms with van der Waals surface area (Å²) in [5, 5.41) is 18.3. The van der Waals surface area contributed by atoms with Crippen LogP contribution in [0.2, 0.25) is 0 Å². The number of nitrogens with zero attached hydrogens (tertiary/aromatic N) is 2. The smallest absolute Gasteiger partial charge is 0.161 e. The molecule has 0 saturated carbocycles. The Morgan fingerprint density at radius 3 is 2.21 bits per heavy atom. The van der Waals surface area contributed by atoms with Crippen molar-refractivity contribution in [1.82, 2.24) is 0 Å². The fourth-order valence-corrected chi connectivity index (χ4v) is 2.23.